The van der Waals surface area contributed by atoms with E-state index in [9.17, 15) is 15.0 Å². The maximum Gasteiger partial charge on any atom is 0.251 e. The van der Waals surface area contributed by atoms with Crippen molar-refractivity contribution < 1.29 is 24.5 Å². The highest BCUT2D eigenvalue weighted by Gasteiger charge is 2.73. The van der Waals surface area contributed by atoms with Crippen molar-refractivity contribution in [1.82, 2.24) is 10.2 Å². The normalized spacial score (nSPS) is 31.2. The molecule has 4 atom stereocenters. The molecule has 1 saturated carbocycles. The van der Waals surface area contributed by atoms with Crippen molar-refractivity contribution in [3.8, 4) is 11.5 Å². The number of phenolic OH excluding ortho intramolecular Hbond substituents is 1. The van der Waals surface area contributed by atoms with Crippen LogP contribution in [0.4, 0.5) is 0 Å². The second-order valence-corrected chi connectivity index (χ2v) is 11.1. The number of nitrogens with zero attached hydrogens (tertiary/aromatic N) is 1. The molecule has 2 aromatic rings. The summed E-state index contributed by atoms with van der Waals surface area (Å²) in [7, 11) is 1.57. The number of aliphatic hydroxyl groups is 1. The van der Waals surface area contributed by atoms with E-state index in [1.54, 1.807) is 13.2 Å². The summed E-state index contributed by atoms with van der Waals surface area (Å²) in [6.45, 7) is 2.22. The van der Waals surface area contributed by atoms with E-state index in [0.29, 0.717) is 42.4 Å². The molecule has 2 fully saturated rings. The zero-order valence-corrected chi connectivity index (χ0v) is 20.5. The minimum absolute atomic E-state index is 0. The third-order valence-corrected chi connectivity index (χ3v) is 9.29. The van der Waals surface area contributed by atoms with Gasteiger partial charge in [0.1, 0.15) is 5.76 Å². The lowest BCUT2D eigenvalue weighted by atomic mass is 9.49. The third-order valence-electron chi connectivity index (χ3n) is 9.29. The number of likely N-dealkylation sites (tertiary alicyclic amines) is 1. The van der Waals surface area contributed by atoms with Gasteiger partial charge < -0.3 is 25.0 Å². The van der Waals surface area contributed by atoms with Crippen LogP contribution >= 0.6 is 0 Å². The molecule has 7 nitrogen and oxygen atoms in total. The zero-order chi connectivity index (χ0) is 24.7. The first-order chi connectivity index (χ1) is 17.5. The highest BCUT2D eigenvalue weighted by Crippen LogP contribution is 2.66. The summed E-state index contributed by atoms with van der Waals surface area (Å²) in [6, 6.07) is 13.3. The van der Waals surface area contributed by atoms with Crippen LogP contribution in [0.3, 0.4) is 0 Å². The molecule has 1 saturated heterocycles. The lowest BCUT2D eigenvalue weighted by Gasteiger charge is -2.62. The number of methoxy groups -OCH3 is 1. The fourth-order valence-corrected chi connectivity index (χ4v) is 7.46. The van der Waals surface area contributed by atoms with Crippen molar-refractivity contribution in [3.05, 3.63) is 70.5 Å². The van der Waals surface area contributed by atoms with E-state index in [1.165, 1.54) is 12.8 Å². The first-order valence-corrected chi connectivity index (χ1v) is 13.0. The number of benzene rings is 2. The number of hydrogen-bond acceptors (Lipinski definition) is 6. The highest BCUT2D eigenvalue weighted by molar-refractivity contribution is 5.95. The molecule has 5 aliphatic rings. The molecule has 2 heterocycles. The Morgan fingerprint density at radius 3 is 2.73 bits per heavy atom. The Morgan fingerprint density at radius 1 is 1.22 bits per heavy atom. The number of hydrogen-bond donors (Lipinski definition) is 3. The molecule has 2 aromatic carbocycles. The van der Waals surface area contributed by atoms with Crippen LogP contribution in [0.1, 0.15) is 49.8 Å². The molecule has 196 valence electrons. The van der Waals surface area contributed by atoms with Crippen molar-refractivity contribution in [1.29, 1.82) is 0 Å². The van der Waals surface area contributed by atoms with Crippen molar-refractivity contribution in [2.24, 2.45) is 5.92 Å². The van der Waals surface area contributed by atoms with Gasteiger partial charge in [-0.3, -0.25) is 9.69 Å². The Labute approximate surface area is 218 Å². The predicted molar refractivity (Wildman–Crippen MR) is 139 cm³/mol. The van der Waals surface area contributed by atoms with Gasteiger partial charge in [-0.05, 0) is 55.3 Å². The van der Waals surface area contributed by atoms with Gasteiger partial charge in [-0.25, -0.2) is 0 Å². The van der Waals surface area contributed by atoms with E-state index in [1.807, 2.05) is 36.4 Å². The van der Waals surface area contributed by atoms with Gasteiger partial charge in [-0.15, -0.1) is 0 Å². The minimum Gasteiger partial charge on any atom is -0.504 e. The Balaban J connectivity index is 0.00000252. The third kappa shape index (κ3) is 3.29. The van der Waals surface area contributed by atoms with Gasteiger partial charge in [-0.1, -0.05) is 43.8 Å². The SMILES string of the molecule is C.COC1=C(C(=O)NCc2ccccc2)C[C@@]2(O)[C@H]3Cc4ccc(O)c5c4[C@@]2(CCN3CC2CC2)[C@H]1O5. The number of amides is 1. The monoisotopic (exact) mass is 504 g/mol. The fourth-order valence-electron chi connectivity index (χ4n) is 7.46. The van der Waals surface area contributed by atoms with E-state index in [2.05, 4.69) is 10.2 Å². The number of nitrogens with one attached hydrogen (secondary N) is 1. The summed E-state index contributed by atoms with van der Waals surface area (Å²) in [5.41, 5.74) is 1.50. The van der Waals surface area contributed by atoms with Crippen LogP contribution in [0, 0.1) is 5.92 Å². The molecule has 1 amide bonds. The smallest absolute Gasteiger partial charge is 0.251 e. The van der Waals surface area contributed by atoms with Gasteiger partial charge >= 0.3 is 0 Å². The maximum atomic E-state index is 13.6. The number of carbonyl (C=O) groups is 1. The number of phenols is 1. The Bertz CT molecular complexity index is 1270. The van der Waals surface area contributed by atoms with E-state index >= 15 is 0 Å². The molecule has 0 aromatic heterocycles. The van der Waals surface area contributed by atoms with E-state index in [4.69, 9.17) is 9.47 Å². The van der Waals surface area contributed by atoms with Gasteiger partial charge in [0.25, 0.3) is 5.91 Å². The molecular weight excluding hydrogens is 468 g/mol. The van der Waals surface area contributed by atoms with E-state index in [-0.39, 0.29) is 31.5 Å². The Hall–Kier alpha value is -3.03. The molecule has 37 heavy (non-hydrogen) atoms. The number of rotatable bonds is 6. The fraction of sp³-hybridized carbons (Fsp3) is 0.500. The summed E-state index contributed by atoms with van der Waals surface area (Å²) >= 11 is 0. The molecule has 7 heteroatoms. The van der Waals surface area contributed by atoms with Gasteiger partial charge in [0, 0.05) is 31.1 Å². The Kier molecular flexibility index (Phi) is 5.58. The van der Waals surface area contributed by atoms with Crippen LogP contribution < -0.4 is 10.1 Å². The van der Waals surface area contributed by atoms with Crippen molar-refractivity contribution in [2.75, 3.05) is 20.2 Å². The summed E-state index contributed by atoms with van der Waals surface area (Å²) < 4.78 is 12.4. The number of carbonyl (C=O) groups excluding carboxylic acids is 1. The molecule has 0 radical (unpaired) electrons. The molecule has 2 bridgehead atoms. The molecule has 2 aliphatic heterocycles. The van der Waals surface area contributed by atoms with Crippen LogP contribution in [0.15, 0.2) is 53.8 Å². The standard InChI is InChI=1S/C29H32N2O5.CH4/c1-35-24-20(27(33)30-15-17-5-3-2-4-6-17)14-29(34)22-13-19-9-10-21(32)25-23(19)28(29,26(24)36-25)11-12-31(22)16-18-7-8-18;/h2-6,9-10,18,22,26,32,34H,7-8,11-16H2,1H3,(H,30,33);1H4/t22-,26+,28+,29-;/m1./s1. The number of ether oxygens (including phenoxy) is 2. The quantitative estimate of drug-likeness (QED) is 0.559. The lowest BCUT2D eigenvalue weighted by molar-refractivity contribution is -0.173. The van der Waals surface area contributed by atoms with Gasteiger partial charge in [0.2, 0.25) is 0 Å². The van der Waals surface area contributed by atoms with Gasteiger partial charge in [0.05, 0.1) is 23.7 Å². The number of piperidine rings is 1. The van der Waals surface area contributed by atoms with Gasteiger partial charge in [0.15, 0.2) is 17.6 Å². The molecule has 3 N–H and O–H groups in total. The molecular formula is C30H36N2O5. The first kappa shape index (κ1) is 24.3. The molecule has 3 aliphatic carbocycles. The topological polar surface area (TPSA) is 91.3 Å². The van der Waals surface area contributed by atoms with Crippen LogP contribution in [-0.2, 0) is 27.9 Å². The van der Waals surface area contributed by atoms with Crippen LogP contribution in [-0.4, -0.2) is 59.0 Å². The second-order valence-electron chi connectivity index (χ2n) is 11.1. The second kappa shape index (κ2) is 8.50. The maximum absolute atomic E-state index is 13.6. The largest absolute Gasteiger partial charge is 0.504 e. The highest BCUT2D eigenvalue weighted by atomic mass is 16.5. The van der Waals surface area contributed by atoms with Crippen LogP contribution in [0.2, 0.25) is 0 Å². The van der Waals surface area contributed by atoms with Crippen molar-refractivity contribution in [3.63, 3.8) is 0 Å². The van der Waals surface area contributed by atoms with E-state index < -0.39 is 17.1 Å². The van der Waals surface area contributed by atoms with Crippen LogP contribution in [0.5, 0.6) is 11.5 Å². The summed E-state index contributed by atoms with van der Waals surface area (Å²) in [5.74, 6) is 1.41. The first-order valence-electron chi connectivity index (χ1n) is 13.0. The molecule has 7 rings (SSSR count). The molecule has 0 unspecified atom stereocenters. The van der Waals surface area contributed by atoms with Gasteiger partial charge in [-0.2, -0.15) is 0 Å². The lowest BCUT2D eigenvalue weighted by Crippen LogP contribution is -2.76. The van der Waals surface area contributed by atoms with Crippen molar-refractivity contribution >= 4 is 5.91 Å². The average molecular weight is 505 g/mol. The average Bonchev–Trinajstić information content (AvgIpc) is 3.63. The van der Waals surface area contributed by atoms with Crippen LogP contribution in [0.25, 0.3) is 0 Å². The Morgan fingerprint density at radius 2 is 2.00 bits per heavy atom. The van der Waals surface area contributed by atoms with E-state index in [0.717, 1.165) is 29.8 Å². The van der Waals surface area contributed by atoms with Crippen molar-refractivity contribution in [2.45, 2.75) is 69.2 Å². The summed E-state index contributed by atoms with van der Waals surface area (Å²) in [6.07, 6.45) is 3.38. The minimum atomic E-state index is -1.21. The summed E-state index contributed by atoms with van der Waals surface area (Å²) in [4.78, 5) is 16.0. The molecule has 1 spiro atoms. The summed E-state index contributed by atoms with van der Waals surface area (Å²) in [5, 5.41) is 26.5. The zero-order valence-electron chi connectivity index (χ0n) is 20.5. The predicted octanol–water partition coefficient (Wildman–Crippen LogP) is 3.42. The number of aromatic hydroxyl groups is 1.